The number of benzene rings is 2. The Morgan fingerprint density at radius 1 is 0.978 bits per heavy atom. The Bertz CT molecular complexity index is 1870. The van der Waals surface area contributed by atoms with Crippen molar-refractivity contribution < 1.29 is 31.5 Å². The Morgan fingerprint density at radius 2 is 1.61 bits per heavy atom. The number of fused-ring (bicyclic) bond motifs is 3. The molecule has 14 heteroatoms. The summed E-state index contributed by atoms with van der Waals surface area (Å²) in [7, 11) is -1.62. The molecule has 0 saturated carbocycles. The Morgan fingerprint density at radius 3 is 2.22 bits per heavy atom. The number of hydrogen-bond donors (Lipinski definition) is 1. The van der Waals surface area contributed by atoms with E-state index in [1.54, 1.807) is 31.2 Å². The number of anilines is 2. The lowest BCUT2D eigenvalue weighted by molar-refractivity contribution is 0.138. The van der Waals surface area contributed by atoms with Gasteiger partial charge >= 0.3 is 6.03 Å². The van der Waals surface area contributed by atoms with Gasteiger partial charge in [-0.15, -0.1) is 0 Å². The topological polar surface area (TPSA) is 109 Å². The van der Waals surface area contributed by atoms with E-state index in [-0.39, 0.29) is 22.0 Å². The summed E-state index contributed by atoms with van der Waals surface area (Å²) in [4.78, 5) is 24.0. The predicted octanol–water partition coefficient (Wildman–Crippen LogP) is 4.86. The number of nitrogens with one attached hydrogen (secondary N) is 1. The number of ether oxygens (including phenoxy) is 2. The first-order valence-electron chi connectivity index (χ1n) is 15.1. The van der Waals surface area contributed by atoms with Crippen molar-refractivity contribution in [1.82, 2.24) is 18.8 Å². The van der Waals surface area contributed by atoms with Crippen LogP contribution in [0.5, 0.6) is 11.5 Å². The van der Waals surface area contributed by atoms with E-state index in [1.807, 2.05) is 0 Å². The average Bonchev–Trinajstić information content (AvgIpc) is 3.46. The molecule has 2 amide bonds. The molecule has 4 aromatic rings. The molecule has 2 aromatic carbocycles. The molecule has 1 unspecified atom stereocenters. The van der Waals surface area contributed by atoms with Crippen LogP contribution in [0.25, 0.3) is 11.0 Å². The van der Waals surface area contributed by atoms with Crippen molar-refractivity contribution >= 4 is 38.5 Å². The first-order chi connectivity index (χ1) is 22.1. The number of urea groups is 1. The summed E-state index contributed by atoms with van der Waals surface area (Å²) < 4.78 is 70.6. The van der Waals surface area contributed by atoms with Gasteiger partial charge in [-0.2, -0.15) is 0 Å². The fourth-order valence-electron chi connectivity index (χ4n) is 6.25. The molecule has 2 aliphatic rings. The minimum atomic E-state index is -4.08. The molecule has 4 heterocycles. The van der Waals surface area contributed by atoms with Crippen molar-refractivity contribution in [1.29, 1.82) is 0 Å². The second-order valence-electron chi connectivity index (χ2n) is 11.3. The smallest absolute Gasteiger partial charge is 0.327 e. The number of pyridine rings is 1. The second-order valence-corrected chi connectivity index (χ2v) is 13.1. The van der Waals surface area contributed by atoms with Crippen molar-refractivity contribution in [2.24, 2.45) is 0 Å². The highest BCUT2D eigenvalue weighted by Gasteiger charge is 2.38. The maximum atomic E-state index is 15.5. The lowest BCUT2D eigenvalue weighted by Gasteiger charge is -2.36. The van der Waals surface area contributed by atoms with Gasteiger partial charge in [-0.1, -0.05) is 25.1 Å². The van der Waals surface area contributed by atoms with Gasteiger partial charge in [-0.3, -0.25) is 4.90 Å². The lowest BCUT2D eigenvalue weighted by atomic mass is 10.0. The van der Waals surface area contributed by atoms with Crippen molar-refractivity contribution in [3.63, 3.8) is 0 Å². The SMILES string of the molecule is CCN1CCN(CCc2cc3c4c(cnc3n2S(=O)(=O)c2ccccc2)C(C)N(c2c(F)c(OC)cc(OC)c2F)C(=O)N4)CC1. The van der Waals surface area contributed by atoms with Gasteiger partial charge in [0.05, 0.1) is 30.8 Å². The van der Waals surface area contributed by atoms with Crippen molar-refractivity contribution in [2.75, 3.05) is 63.7 Å². The quantitative estimate of drug-likeness (QED) is 0.273. The normalized spacial score (nSPS) is 17.7. The highest BCUT2D eigenvalue weighted by Crippen LogP contribution is 2.45. The summed E-state index contributed by atoms with van der Waals surface area (Å²) in [5.74, 6) is -2.72. The molecular formula is C32H36F2N6O5S. The first-order valence-corrected chi connectivity index (χ1v) is 16.5. The number of rotatable bonds is 9. The van der Waals surface area contributed by atoms with Gasteiger partial charge in [0.25, 0.3) is 10.0 Å². The van der Waals surface area contributed by atoms with E-state index >= 15 is 8.78 Å². The molecule has 0 spiro atoms. The van der Waals surface area contributed by atoms with E-state index in [4.69, 9.17) is 9.47 Å². The molecule has 0 radical (unpaired) electrons. The van der Waals surface area contributed by atoms with Crippen molar-refractivity contribution in [2.45, 2.75) is 31.2 Å². The van der Waals surface area contributed by atoms with Crippen LogP contribution in [0.2, 0.25) is 0 Å². The summed E-state index contributed by atoms with van der Waals surface area (Å²) >= 11 is 0. The van der Waals surface area contributed by atoms with Crippen LogP contribution in [0.4, 0.5) is 25.0 Å². The number of methoxy groups -OCH3 is 2. The molecule has 11 nitrogen and oxygen atoms in total. The molecule has 0 aliphatic carbocycles. The maximum absolute atomic E-state index is 15.5. The van der Waals surface area contributed by atoms with Crippen LogP contribution in [0.15, 0.2) is 53.6 Å². The highest BCUT2D eigenvalue weighted by atomic mass is 32.2. The average molecular weight is 655 g/mol. The van der Waals surface area contributed by atoms with Gasteiger partial charge in [-0.05, 0) is 31.7 Å². The van der Waals surface area contributed by atoms with E-state index in [0.717, 1.165) is 43.7 Å². The number of aromatic nitrogens is 2. The third-order valence-electron chi connectivity index (χ3n) is 8.85. The van der Waals surface area contributed by atoms with Crippen LogP contribution in [-0.4, -0.2) is 86.7 Å². The van der Waals surface area contributed by atoms with Gasteiger partial charge in [0, 0.05) is 68.1 Å². The zero-order valence-corrected chi connectivity index (χ0v) is 26.9. The first kappa shape index (κ1) is 31.7. The second kappa shape index (κ2) is 12.5. The monoisotopic (exact) mass is 654 g/mol. The number of carbonyl (C=O) groups is 1. The van der Waals surface area contributed by atoms with Gasteiger partial charge in [0.1, 0.15) is 5.69 Å². The standard InChI is InChI=1S/C32H36F2N6O5S/c1-5-37-13-15-38(16-14-37)12-11-21-17-23-29-24(19-35-31(23)40(21)46(42,43)22-9-7-6-8-10-22)20(2)39(32(41)36-29)30-27(33)25(44-3)18-26(45-4)28(30)34/h6-10,17-20H,5,11-16H2,1-4H3,(H,36,41). The molecule has 1 fully saturated rings. The summed E-state index contributed by atoms with van der Waals surface area (Å²) in [5.41, 5.74) is 0.796. The van der Waals surface area contributed by atoms with Crippen LogP contribution in [-0.2, 0) is 16.4 Å². The van der Waals surface area contributed by atoms with Crippen molar-refractivity contribution in [3.05, 3.63) is 71.6 Å². The zero-order chi connectivity index (χ0) is 32.7. The number of likely N-dealkylation sites (N-methyl/N-ethyl adjacent to an activating group) is 1. The molecule has 46 heavy (non-hydrogen) atoms. The molecule has 2 aromatic heterocycles. The largest absolute Gasteiger partial charge is 0.493 e. The highest BCUT2D eigenvalue weighted by molar-refractivity contribution is 7.90. The molecular weight excluding hydrogens is 618 g/mol. The van der Waals surface area contributed by atoms with Crippen LogP contribution in [0.1, 0.15) is 31.1 Å². The Hall–Kier alpha value is -4.27. The molecule has 1 atom stereocenters. The number of amides is 2. The molecule has 2 aliphatic heterocycles. The minimum absolute atomic E-state index is 0.103. The molecule has 6 rings (SSSR count). The number of piperazine rings is 1. The molecule has 244 valence electrons. The summed E-state index contributed by atoms with van der Waals surface area (Å²) in [5, 5.41) is 3.18. The van der Waals surface area contributed by atoms with E-state index < -0.39 is 39.4 Å². The Balaban J connectivity index is 1.45. The van der Waals surface area contributed by atoms with E-state index in [1.165, 1.54) is 36.5 Å². The fourth-order valence-corrected chi connectivity index (χ4v) is 7.79. The molecule has 1 N–H and O–H groups in total. The lowest BCUT2D eigenvalue weighted by Crippen LogP contribution is -2.46. The van der Waals surface area contributed by atoms with Gasteiger partial charge < -0.3 is 24.6 Å². The zero-order valence-electron chi connectivity index (χ0n) is 26.1. The van der Waals surface area contributed by atoms with Crippen LogP contribution in [0.3, 0.4) is 0 Å². The molecule has 1 saturated heterocycles. The Kier molecular flexibility index (Phi) is 8.61. The van der Waals surface area contributed by atoms with Crippen LogP contribution in [0, 0.1) is 11.6 Å². The summed E-state index contributed by atoms with van der Waals surface area (Å²) in [6.07, 6.45) is 1.85. The fraction of sp³-hybridized carbons (Fsp3) is 0.375. The van der Waals surface area contributed by atoms with Crippen LogP contribution < -0.4 is 19.7 Å². The third-order valence-corrected chi connectivity index (χ3v) is 10.6. The third kappa shape index (κ3) is 5.33. The van der Waals surface area contributed by atoms with Gasteiger partial charge in [0.15, 0.2) is 28.8 Å². The number of nitrogens with zero attached hydrogens (tertiary/aromatic N) is 5. The predicted molar refractivity (Wildman–Crippen MR) is 170 cm³/mol. The van der Waals surface area contributed by atoms with Gasteiger partial charge in [0.2, 0.25) is 0 Å². The number of halogens is 2. The minimum Gasteiger partial charge on any atom is -0.493 e. The maximum Gasteiger partial charge on any atom is 0.327 e. The number of hydrogen-bond acceptors (Lipinski definition) is 8. The van der Waals surface area contributed by atoms with E-state index in [9.17, 15) is 13.2 Å². The van der Waals surface area contributed by atoms with Crippen molar-refractivity contribution in [3.8, 4) is 11.5 Å². The number of carbonyl (C=O) groups excluding carboxylic acids is 1. The van der Waals surface area contributed by atoms with Crippen LogP contribution >= 0.6 is 0 Å². The Labute approximate surface area is 266 Å². The molecule has 0 bridgehead atoms. The summed E-state index contributed by atoms with van der Waals surface area (Å²) in [6, 6.07) is 9.21. The van der Waals surface area contributed by atoms with Gasteiger partial charge in [-0.25, -0.2) is 30.9 Å². The van der Waals surface area contributed by atoms with E-state index in [2.05, 4.69) is 27.0 Å². The summed E-state index contributed by atoms with van der Waals surface area (Å²) in [6.45, 7) is 9.00. The van der Waals surface area contributed by atoms with E-state index in [0.29, 0.717) is 35.3 Å².